The van der Waals surface area contributed by atoms with Gasteiger partial charge in [-0.05, 0) is 62.0 Å². The SMILES string of the molecule is CNS(=O)(=O)c1ccc(Oc2ccc(CCN)cc2)cc1. The summed E-state index contributed by atoms with van der Waals surface area (Å²) < 4.78 is 31.1. The van der Waals surface area contributed by atoms with Crippen LogP contribution >= 0.6 is 0 Å². The zero-order chi connectivity index (χ0) is 15.3. The Morgan fingerprint density at radius 2 is 1.52 bits per heavy atom. The van der Waals surface area contributed by atoms with E-state index in [0.717, 1.165) is 12.0 Å². The summed E-state index contributed by atoms with van der Waals surface area (Å²) in [4.78, 5) is 0.204. The van der Waals surface area contributed by atoms with E-state index in [9.17, 15) is 8.42 Å². The summed E-state index contributed by atoms with van der Waals surface area (Å²) in [5.41, 5.74) is 6.65. The lowest BCUT2D eigenvalue weighted by Crippen LogP contribution is -2.18. The maximum atomic E-state index is 11.6. The summed E-state index contributed by atoms with van der Waals surface area (Å²) in [5.74, 6) is 1.27. The summed E-state index contributed by atoms with van der Waals surface area (Å²) in [5, 5.41) is 0. The second kappa shape index (κ2) is 6.71. The van der Waals surface area contributed by atoms with Crippen molar-refractivity contribution in [2.45, 2.75) is 11.3 Å². The molecule has 112 valence electrons. The molecule has 2 rings (SSSR count). The zero-order valence-electron chi connectivity index (χ0n) is 11.7. The minimum Gasteiger partial charge on any atom is -0.457 e. The van der Waals surface area contributed by atoms with E-state index in [-0.39, 0.29) is 4.90 Å². The second-order valence-corrected chi connectivity index (χ2v) is 6.35. The van der Waals surface area contributed by atoms with Crippen molar-refractivity contribution in [1.82, 2.24) is 4.72 Å². The Morgan fingerprint density at radius 3 is 2.00 bits per heavy atom. The molecule has 0 aliphatic rings. The van der Waals surface area contributed by atoms with Crippen molar-refractivity contribution >= 4 is 10.0 Å². The molecular formula is C15H18N2O3S. The summed E-state index contributed by atoms with van der Waals surface area (Å²) in [7, 11) is -2.04. The summed E-state index contributed by atoms with van der Waals surface area (Å²) in [6, 6.07) is 13.9. The fourth-order valence-electron chi connectivity index (χ4n) is 1.83. The molecule has 0 fully saturated rings. The van der Waals surface area contributed by atoms with E-state index in [1.165, 1.54) is 19.2 Å². The fourth-order valence-corrected chi connectivity index (χ4v) is 2.56. The van der Waals surface area contributed by atoms with Gasteiger partial charge in [-0.25, -0.2) is 13.1 Å². The van der Waals surface area contributed by atoms with Gasteiger partial charge in [0.25, 0.3) is 0 Å². The molecule has 0 saturated heterocycles. The topological polar surface area (TPSA) is 81.4 Å². The number of sulfonamides is 1. The second-order valence-electron chi connectivity index (χ2n) is 4.46. The van der Waals surface area contributed by atoms with E-state index in [1.807, 2.05) is 24.3 Å². The Kier molecular flexibility index (Phi) is 4.95. The molecule has 0 radical (unpaired) electrons. The normalized spacial score (nSPS) is 11.3. The minimum atomic E-state index is -3.42. The molecule has 0 heterocycles. The first-order valence-electron chi connectivity index (χ1n) is 6.55. The number of benzene rings is 2. The average Bonchev–Trinajstić information content (AvgIpc) is 2.50. The van der Waals surface area contributed by atoms with Crippen molar-refractivity contribution in [2.24, 2.45) is 5.73 Å². The van der Waals surface area contributed by atoms with Gasteiger partial charge in [-0.2, -0.15) is 0 Å². The highest BCUT2D eigenvalue weighted by Gasteiger charge is 2.10. The van der Waals surface area contributed by atoms with Crippen LogP contribution in [0.2, 0.25) is 0 Å². The van der Waals surface area contributed by atoms with Crippen molar-refractivity contribution in [1.29, 1.82) is 0 Å². The molecule has 0 saturated carbocycles. The third kappa shape index (κ3) is 4.04. The maximum Gasteiger partial charge on any atom is 0.240 e. The van der Waals surface area contributed by atoms with Crippen molar-refractivity contribution in [3.8, 4) is 11.5 Å². The Labute approximate surface area is 124 Å². The predicted octanol–water partition coefficient (Wildman–Crippen LogP) is 1.89. The molecule has 0 aliphatic carbocycles. The van der Waals surface area contributed by atoms with Gasteiger partial charge in [0.1, 0.15) is 11.5 Å². The van der Waals surface area contributed by atoms with Gasteiger partial charge in [-0.15, -0.1) is 0 Å². The van der Waals surface area contributed by atoms with Crippen molar-refractivity contribution in [3.63, 3.8) is 0 Å². The molecule has 0 spiro atoms. The first-order chi connectivity index (χ1) is 10.0. The van der Waals surface area contributed by atoms with E-state index in [4.69, 9.17) is 10.5 Å². The quantitative estimate of drug-likeness (QED) is 0.854. The minimum absolute atomic E-state index is 0.204. The number of rotatable bonds is 6. The smallest absolute Gasteiger partial charge is 0.240 e. The van der Waals surface area contributed by atoms with Gasteiger partial charge in [0, 0.05) is 0 Å². The van der Waals surface area contributed by atoms with Crippen LogP contribution in [0, 0.1) is 0 Å². The lowest BCUT2D eigenvalue weighted by atomic mass is 10.1. The molecule has 0 bridgehead atoms. The van der Waals surface area contributed by atoms with Crippen molar-refractivity contribution in [2.75, 3.05) is 13.6 Å². The molecule has 2 aromatic rings. The maximum absolute atomic E-state index is 11.6. The van der Waals surface area contributed by atoms with Gasteiger partial charge in [0.15, 0.2) is 0 Å². The summed E-state index contributed by atoms with van der Waals surface area (Å²) >= 11 is 0. The van der Waals surface area contributed by atoms with Crippen LogP contribution in [0.3, 0.4) is 0 Å². The molecule has 0 unspecified atom stereocenters. The molecule has 2 aromatic carbocycles. The standard InChI is InChI=1S/C15H18N2O3S/c1-17-21(18,19)15-8-6-14(7-9-15)20-13-4-2-12(3-5-13)10-11-16/h2-9,17H,10-11,16H2,1H3. The zero-order valence-corrected chi connectivity index (χ0v) is 12.6. The van der Waals surface area contributed by atoms with Crippen LogP contribution in [0.15, 0.2) is 53.4 Å². The molecular weight excluding hydrogens is 288 g/mol. The molecule has 0 atom stereocenters. The Bertz CT molecular complexity index is 680. The Morgan fingerprint density at radius 1 is 1.00 bits per heavy atom. The van der Waals surface area contributed by atoms with Gasteiger partial charge in [-0.1, -0.05) is 12.1 Å². The molecule has 0 aromatic heterocycles. The lowest BCUT2D eigenvalue weighted by Gasteiger charge is -2.08. The van der Waals surface area contributed by atoms with Crippen LogP contribution < -0.4 is 15.2 Å². The third-order valence-electron chi connectivity index (χ3n) is 2.99. The number of nitrogens with two attached hydrogens (primary N) is 1. The monoisotopic (exact) mass is 306 g/mol. The number of nitrogens with one attached hydrogen (secondary N) is 1. The van der Waals surface area contributed by atoms with Gasteiger partial charge in [0.05, 0.1) is 4.90 Å². The molecule has 0 amide bonds. The number of hydrogen-bond acceptors (Lipinski definition) is 4. The molecule has 3 N–H and O–H groups in total. The van der Waals surface area contributed by atoms with Gasteiger partial charge in [-0.3, -0.25) is 0 Å². The van der Waals surface area contributed by atoms with Crippen molar-refractivity contribution in [3.05, 3.63) is 54.1 Å². The lowest BCUT2D eigenvalue weighted by molar-refractivity contribution is 0.482. The summed E-state index contributed by atoms with van der Waals surface area (Å²) in [6.45, 7) is 0.613. The van der Waals surface area contributed by atoms with Gasteiger partial charge < -0.3 is 10.5 Å². The first kappa shape index (κ1) is 15.5. The van der Waals surface area contributed by atoms with Gasteiger partial charge in [0.2, 0.25) is 10.0 Å². The first-order valence-corrected chi connectivity index (χ1v) is 8.04. The van der Waals surface area contributed by atoms with Crippen LogP contribution in [0.1, 0.15) is 5.56 Å². The number of ether oxygens (including phenoxy) is 1. The molecule has 21 heavy (non-hydrogen) atoms. The molecule has 5 nitrogen and oxygen atoms in total. The third-order valence-corrected chi connectivity index (χ3v) is 4.43. The van der Waals surface area contributed by atoms with E-state index >= 15 is 0 Å². The van der Waals surface area contributed by atoms with E-state index < -0.39 is 10.0 Å². The van der Waals surface area contributed by atoms with E-state index in [1.54, 1.807) is 12.1 Å². The van der Waals surface area contributed by atoms with Crippen molar-refractivity contribution < 1.29 is 13.2 Å². The van der Waals surface area contributed by atoms with Gasteiger partial charge >= 0.3 is 0 Å². The van der Waals surface area contributed by atoms with E-state index in [0.29, 0.717) is 18.0 Å². The molecule has 6 heteroatoms. The Balaban J connectivity index is 2.10. The summed E-state index contributed by atoms with van der Waals surface area (Å²) in [6.07, 6.45) is 0.830. The Hall–Kier alpha value is -1.89. The highest BCUT2D eigenvalue weighted by Crippen LogP contribution is 2.23. The highest BCUT2D eigenvalue weighted by atomic mass is 32.2. The largest absolute Gasteiger partial charge is 0.457 e. The number of hydrogen-bond donors (Lipinski definition) is 2. The fraction of sp³-hybridized carbons (Fsp3) is 0.200. The van der Waals surface area contributed by atoms with Crippen LogP contribution in [0.4, 0.5) is 0 Å². The average molecular weight is 306 g/mol. The van der Waals surface area contributed by atoms with Crippen LogP contribution in [0.5, 0.6) is 11.5 Å². The van der Waals surface area contributed by atoms with Crippen LogP contribution in [-0.2, 0) is 16.4 Å². The molecule has 0 aliphatic heterocycles. The predicted molar refractivity (Wildman–Crippen MR) is 82.0 cm³/mol. The highest BCUT2D eigenvalue weighted by molar-refractivity contribution is 7.89. The van der Waals surface area contributed by atoms with Crippen LogP contribution in [0.25, 0.3) is 0 Å². The van der Waals surface area contributed by atoms with Crippen LogP contribution in [-0.4, -0.2) is 22.0 Å². The van der Waals surface area contributed by atoms with E-state index in [2.05, 4.69) is 4.72 Å².